The molecule has 0 saturated carbocycles. The Morgan fingerprint density at radius 3 is 2.43 bits per heavy atom. The van der Waals surface area contributed by atoms with Crippen molar-refractivity contribution in [3.63, 3.8) is 0 Å². The zero-order chi connectivity index (χ0) is 25.3. The Hall–Kier alpha value is -3.22. The molecule has 0 saturated heterocycles. The van der Waals surface area contributed by atoms with E-state index < -0.39 is 5.97 Å². The second kappa shape index (κ2) is 16.4. The molecule has 1 aromatic heterocycles. The van der Waals surface area contributed by atoms with Crippen LogP contribution in [0.3, 0.4) is 0 Å². The molecule has 0 aliphatic rings. The first kappa shape index (κ1) is 28.0. The number of benzene rings is 1. The Morgan fingerprint density at radius 1 is 1.03 bits per heavy atom. The van der Waals surface area contributed by atoms with Crippen LogP contribution in [0.4, 0.5) is 5.82 Å². The van der Waals surface area contributed by atoms with E-state index in [-0.39, 0.29) is 18.5 Å². The molecule has 0 spiro atoms. The van der Waals surface area contributed by atoms with E-state index in [0.29, 0.717) is 17.3 Å². The molecule has 0 aliphatic heterocycles. The van der Waals surface area contributed by atoms with Crippen molar-refractivity contribution in [2.75, 3.05) is 6.54 Å². The molecule has 192 valence electrons. The molecule has 2 unspecified atom stereocenters. The second-order valence-electron chi connectivity index (χ2n) is 9.19. The number of carboxylic acids is 1. The average molecular weight is 481 g/mol. The highest BCUT2D eigenvalue weighted by Gasteiger charge is 2.17. The summed E-state index contributed by atoms with van der Waals surface area (Å²) in [6.07, 6.45) is 14.5. The molecule has 0 radical (unpaired) electrons. The highest BCUT2D eigenvalue weighted by atomic mass is 16.4. The molecule has 1 aromatic carbocycles. The third-order valence-electron chi connectivity index (χ3n) is 6.24. The quantitative estimate of drug-likeness (QED) is 0.0893. The first-order valence-electron chi connectivity index (χ1n) is 12.8. The lowest BCUT2D eigenvalue weighted by atomic mass is 9.87. The molecule has 6 N–H and O–H groups in total. The van der Waals surface area contributed by atoms with E-state index in [1.807, 2.05) is 24.4 Å². The van der Waals surface area contributed by atoms with Gasteiger partial charge in [-0.05, 0) is 42.4 Å². The van der Waals surface area contributed by atoms with Gasteiger partial charge in [-0.1, -0.05) is 106 Å². The summed E-state index contributed by atoms with van der Waals surface area (Å²) >= 11 is 0. The van der Waals surface area contributed by atoms with Crippen LogP contribution in [-0.2, 0) is 11.2 Å². The van der Waals surface area contributed by atoms with Crippen LogP contribution in [0.15, 0.2) is 65.3 Å². The second-order valence-corrected chi connectivity index (χ2v) is 9.19. The van der Waals surface area contributed by atoms with Gasteiger partial charge in [-0.3, -0.25) is 0 Å². The zero-order valence-electron chi connectivity index (χ0n) is 21.0. The summed E-state index contributed by atoms with van der Waals surface area (Å²) in [6, 6.07) is 14.0. The number of carboxylic acid groups (broad SMARTS) is 1. The standard InChI is InChI=1S/C28H42N5O2/c1-2-3-4-5-6-8-14-23(19-22-12-9-7-10-13-22)16-17-25(33-26-15-11-18-31-26)24(20-27(34)35)21-32-28(29)30/h7,9-13,15,18,20,23,25,31H,2-6,8,14,16-17,19,21H2,1H3,(H,34,35)(H4,29,30,32)/q-1. The molecular weight excluding hydrogens is 438 g/mol. The third kappa shape index (κ3) is 12.2. The monoisotopic (exact) mass is 480 g/mol. The van der Waals surface area contributed by atoms with Gasteiger partial charge in [0.15, 0.2) is 5.96 Å². The van der Waals surface area contributed by atoms with Crippen molar-refractivity contribution in [1.82, 2.24) is 4.98 Å². The smallest absolute Gasteiger partial charge is 0.328 e. The average Bonchev–Trinajstić information content (AvgIpc) is 3.35. The molecule has 2 rings (SSSR count). The molecule has 1 heterocycles. The topological polar surface area (TPSA) is 132 Å². The summed E-state index contributed by atoms with van der Waals surface area (Å²) in [6.45, 7) is 2.36. The number of aliphatic imine (C=N–C) groups is 1. The Labute approximate surface area is 210 Å². The number of carbonyl (C=O) groups is 1. The number of nitrogens with one attached hydrogen (secondary N) is 1. The van der Waals surface area contributed by atoms with E-state index >= 15 is 0 Å². The highest BCUT2D eigenvalue weighted by Crippen LogP contribution is 2.30. The van der Waals surface area contributed by atoms with E-state index in [1.54, 1.807) is 0 Å². The lowest BCUT2D eigenvalue weighted by Crippen LogP contribution is -2.24. The van der Waals surface area contributed by atoms with Crippen molar-refractivity contribution in [3.8, 4) is 0 Å². The molecule has 2 atom stereocenters. The number of nitrogens with two attached hydrogens (primary N) is 2. The predicted molar refractivity (Wildman–Crippen MR) is 145 cm³/mol. The van der Waals surface area contributed by atoms with Gasteiger partial charge in [-0.25, -0.2) is 9.79 Å². The van der Waals surface area contributed by atoms with Gasteiger partial charge in [-0.2, -0.15) is 0 Å². The van der Waals surface area contributed by atoms with E-state index in [4.69, 9.17) is 16.8 Å². The number of aliphatic carboxylic acids is 1. The van der Waals surface area contributed by atoms with Crippen LogP contribution >= 0.6 is 0 Å². The maximum Gasteiger partial charge on any atom is 0.328 e. The van der Waals surface area contributed by atoms with E-state index in [1.165, 1.54) is 50.2 Å². The van der Waals surface area contributed by atoms with Crippen LogP contribution in [0.25, 0.3) is 5.32 Å². The first-order chi connectivity index (χ1) is 17.0. The molecule has 7 heteroatoms. The number of guanidine groups is 1. The molecular formula is C28H42N5O2-. The van der Waals surface area contributed by atoms with Gasteiger partial charge in [0.1, 0.15) is 0 Å². The van der Waals surface area contributed by atoms with Gasteiger partial charge in [0.25, 0.3) is 0 Å². The van der Waals surface area contributed by atoms with Gasteiger partial charge in [0.05, 0.1) is 6.54 Å². The third-order valence-corrected chi connectivity index (χ3v) is 6.24. The Bertz CT molecular complexity index is 889. The van der Waals surface area contributed by atoms with Gasteiger partial charge in [-0.15, -0.1) is 0 Å². The summed E-state index contributed by atoms with van der Waals surface area (Å²) in [4.78, 5) is 18.7. The molecule has 2 aromatic rings. The number of hydrogen-bond acceptors (Lipinski definition) is 2. The van der Waals surface area contributed by atoms with Crippen molar-refractivity contribution in [2.45, 2.75) is 77.2 Å². The minimum absolute atomic E-state index is 0.0649. The van der Waals surface area contributed by atoms with Crippen LogP contribution in [0.5, 0.6) is 0 Å². The lowest BCUT2D eigenvalue weighted by Gasteiger charge is -2.29. The van der Waals surface area contributed by atoms with Gasteiger partial charge < -0.3 is 26.9 Å². The van der Waals surface area contributed by atoms with Crippen molar-refractivity contribution in [3.05, 3.63) is 71.2 Å². The molecule has 0 aliphatic carbocycles. The Kier molecular flexibility index (Phi) is 13.1. The van der Waals surface area contributed by atoms with Crippen LogP contribution in [0, 0.1) is 5.92 Å². The minimum atomic E-state index is -1.02. The number of rotatable bonds is 18. The Balaban J connectivity index is 2.12. The fourth-order valence-electron chi connectivity index (χ4n) is 4.39. The maximum atomic E-state index is 11.6. The summed E-state index contributed by atoms with van der Waals surface area (Å²) in [7, 11) is 0. The van der Waals surface area contributed by atoms with E-state index in [2.05, 4.69) is 41.2 Å². The molecule has 35 heavy (non-hydrogen) atoms. The zero-order valence-corrected chi connectivity index (χ0v) is 21.0. The first-order valence-corrected chi connectivity index (χ1v) is 12.8. The largest absolute Gasteiger partial charge is 0.478 e. The molecule has 0 bridgehead atoms. The minimum Gasteiger partial charge on any atom is -0.478 e. The van der Waals surface area contributed by atoms with Gasteiger partial charge in [0, 0.05) is 6.08 Å². The normalized spacial score (nSPS) is 13.2. The number of aromatic nitrogens is 1. The van der Waals surface area contributed by atoms with Crippen molar-refractivity contribution >= 4 is 17.7 Å². The van der Waals surface area contributed by atoms with Crippen molar-refractivity contribution in [2.24, 2.45) is 22.4 Å². The fraction of sp³-hybridized carbons (Fsp3) is 0.500. The number of unbranched alkanes of at least 4 members (excludes halogenated alkanes) is 5. The molecule has 0 fully saturated rings. The van der Waals surface area contributed by atoms with Gasteiger partial charge in [0.2, 0.25) is 0 Å². The van der Waals surface area contributed by atoms with Crippen molar-refractivity contribution in [1.29, 1.82) is 0 Å². The number of hydrogen-bond donors (Lipinski definition) is 4. The Morgan fingerprint density at radius 2 is 1.77 bits per heavy atom. The lowest BCUT2D eigenvalue weighted by molar-refractivity contribution is -0.131. The summed E-state index contributed by atoms with van der Waals surface area (Å²) < 4.78 is 0. The van der Waals surface area contributed by atoms with Crippen LogP contribution in [0.1, 0.15) is 70.3 Å². The summed E-state index contributed by atoms with van der Waals surface area (Å²) in [5.41, 5.74) is 13.0. The number of nitrogens with zero attached hydrogens (tertiary/aromatic N) is 2. The molecule has 7 nitrogen and oxygen atoms in total. The molecule has 0 amide bonds. The predicted octanol–water partition coefficient (Wildman–Crippen LogP) is 6.06. The fourth-order valence-corrected chi connectivity index (χ4v) is 4.39. The van der Waals surface area contributed by atoms with Gasteiger partial charge >= 0.3 is 5.97 Å². The van der Waals surface area contributed by atoms with E-state index in [0.717, 1.165) is 25.7 Å². The number of aromatic amines is 1. The maximum absolute atomic E-state index is 11.6. The number of H-pyrrole nitrogens is 1. The summed E-state index contributed by atoms with van der Waals surface area (Å²) in [5.74, 6) is 0.126. The highest BCUT2D eigenvalue weighted by molar-refractivity contribution is 5.81. The van der Waals surface area contributed by atoms with E-state index in [9.17, 15) is 9.90 Å². The van der Waals surface area contributed by atoms with Crippen LogP contribution < -0.4 is 11.5 Å². The van der Waals surface area contributed by atoms with Crippen LogP contribution in [0.2, 0.25) is 0 Å². The van der Waals surface area contributed by atoms with Crippen LogP contribution in [-0.4, -0.2) is 34.6 Å². The SMILES string of the molecule is CCCCCCCCC(CCC([N-]c1ccc[nH]1)C(=CC(=O)O)CN=C(N)N)Cc1ccccc1. The summed E-state index contributed by atoms with van der Waals surface area (Å²) in [5, 5.41) is 14.3. The van der Waals surface area contributed by atoms with Crippen molar-refractivity contribution < 1.29 is 9.90 Å².